The third kappa shape index (κ3) is 3.44. The quantitative estimate of drug-likeness (QED) is 0.573. The van der Waals surface area contributed by atoms with Crippen LogP contribution in [-0.4, -0.2) is 29.2 Å². The number of nitrogens with one attached hydrogen (secondary N) is 1. The van der Waals surface area contributed by atoms with E-state index in [4.69, 9.17) is 9.47 Å². The van der Waals surface area contributed by atoms with E-state index in [-0.39, 0.29) is 12.2 Å². The fourth-order valence-corrected chi connectivity index (χ4v) is 2.91. The Hall–Kier alpha value is -3.46. The SMILES string of the molecule is CCOC(=O)c1c(C)[nH]c2c(=O)n(C)cc(C#Cc3ccc(OC)cc3)c12. The highest BCUT2D eigenvalue weighted by Crippen LogP contribution is 2.24. The Bertz CT molecular complexity index is 1130. The van der Waals surface area contributed by atoms with Gasteiger partial charge < -0.3 is 19.0 Å². The summed E-state index contributed by atoms with van der Waals surface area (Å²) in [4.78, 5) is 27.9. The van der Waals surface area contributed by atoms with Crippen molar-refractivity contribution in [3.8, 4) is 17.6 Å². The van der Waals surface area contributed by atoms with Crippen LogP contribution in [-0.2, 0) is 11.8 Å². The van der Waals surface area contributed by atoms with E-state index in [0.717, 1.165) is 11.3 Å². The van der Waals surface area contributed by atoms with Crippen LogP contribution in [0.1, 0.15) is 34.1 Å². The third-order valence-electron chi connectivity index (χ3n) is 4.22. The number of carbonyl (C=O) groups is 1. The Kier molecular flexibility index (Phi) is 5.04. The second kappa shape index (κ2) is 7.42. The van der Waals surface area contributed by atoms with E-state index in [1.165, 1.54) is 4.57 Å². The summed E-state index contributed by atoms with van der Waals surface area (Å²) >= 11 is 0. The number of fused-ring (bicyclic) bond motifs is 1. The number of aromatic amines is 1. The lowest BCUT2D eigenvalue weighted by Crippen LogP contribution is -2.17. The van der Waals surface area contributed by atoms with Crippen LogP contribution in [0.4, 0.5) is 0 Å². The average Bonchev–Trinajstić information content (AvgIpc) is 3.01. The Morgan fingerprint density at radius 1 is 1.22 bits per heavy atom. The Labute approximate surface area is 156 Å². The fourth-order valence-electron chi connectivity index (χ4n) is 2.91. The fraction of sp³-hybridized carbons (Fsp3) is 0.238. The topological polar surface area (TPSA) is 73.3 Å². The molecule has 2 heterocycles. The monoisotopic (exact) mass is 364 g/mol. The molecule has 0 saturated heterocycles. The van der Waals surface area contributed by atoms with Crippen molar-refractivity contribution < 1.29 is 14.3 Å². The van der Waals surface area contributed by atoms with Crippen molar-refractivity contribution in [2.45, 2.75) is 13.8 Å². The molecule has 6 nitrogen and oxygen atoms in total. The van der Waals surface area contributed by atoms with Gasteiger partial charge in [-0.05, 0) is 38.1 Å². The second-order valence-corrected chi connectivity index (χ2v) is 6.03. The molecule has 0 amide bonds. The van der Waals surface area contributed by atoms with Crippen molar-refractivity contribution in [3.63, 3.8) is 0 Å². The number of rotatable bonds is 3. The van der Waals surface area contributed by atoms with Gasteiger partial charge >= 0.3 is 5.97 Å². The summed E-state index contributed by atoms with van der Waals surface area (Å²) < 4.78 is 11.8. The molecule has 0 radical (unpaired) electrons. The number of H-pyrrole nitrogens is 1. The maximum absolute atomic E-state index is 12.5. The van der Waals surface area contributed by atoms with Gasteiger partial charge in [0.25, 0.3) is 5.56 Å². The van der Waals surface area contributed by atoms with Crippen molar-refractivity contribution in [1.82, 2.24) is 9.55 Å². The molecule has 0 unspecified atom stereocenters. The Balaban J connectivity index is 2.20. The summed E-state index contributed by atoms with van der Waals surface area (Å²) in [6.07, 6.45) is 1.64. The van der Waals surface area contributed by atoms with E-state index in [0.29, 0.717) is 27.7 Å². The number of esters is 1. The molecule has 27 heavy (non-hydrogen) atoms. The highest BCUT2D eigenvalue weighted by molar-refractivity contribution is 6.07. The van der Waals surface area contributed by atoms with Crippen LogP contribution in [0.2, 0.25) is 0 Å². The number of aromatic nitrogens is 2. The number of hydrogen-bond acceptors (Lipinski definition) is 4. The summed E-state index contributed by atoms with van der Waals surface area (Å²) in [5, 5.41) is 0.495. The van der Waals surface area contributed by atoms with Gasteiger partial charge in [0.2, 0.25) is 0 Å². The maximum Gasteiger partial charge on any atom is 0.340 e. The number of hydrogen-bond donors (Lipinski definition) is 1. The Morgan fingerprint density at radius 3 is 2.56 bits per heavy atom. The van der Waals surface area contributed by atoms with Crippen LogP contribution < -0.4 is 10.3 Å². The van der Waals surface area contributed by atoms with Gasteiger partial charge in [-0.15, -0.1) is 0 Å². The number of nitrogens with zero attached hydrogens (tertiary/aromatic N) is 1. The van der Waals surface area contributed by atoms with E-state index in [1.807, 2.05) is 24.3 Å². The van der Waals surface area contributed by atoms with E-state index in [9.17, 15) is 9.59 Å². The molecule has 1 aromatic carbocycles. The zero-order valence-electron chi connectivity index (χ0n) is 15.7. The molecule has 3 aromatic rings. The minimum absolute atomic E-state index is 0.223. The first-order valence-electron chi connectivity index (χ1n) is 8.51. The molecule has 6 heteroatoms. The van der Waals surface area contributed by atoms with Gasteiger partial charge in [-0.1, -0.05) is 11.8 Å². The summed E-state index contributed by atoms with van der Waals surface area (Å²) in [5.74, 6) is 6.43. The van der Waals surface area contributed by atoms with Crippen molar-refractivity contribution in [2.24, 2.45) is 7.05 Å². The first kappa shape index (κ1) is 18.3. The number of carbonyl (C=O) groups excluding carboxylic acids is 1. The zero-order valence-corrected chi connectivity index (χ0v) is 15.7. The van der Waals surface area contributed by atoms with E-state index in [1.54, 1.807) is 34.2 Å². The van der Waals surface area contributed by atoms with Gasteiger partial charge in [0, 0.05) is 29.9 Å². The molecule has 138 valence electrons. The van der Waals surface area contributed by atoms with Gasteiger partial charge in [-0.3, -0.25) is 4.79 Å². The molecule has 0 saturated carbocycles. The van der Waals surface area contributed by atoms with Gasteiger partial charge in [-0.25, -0.2) is 4.79 Å². The van der Waals surface area contributed by atoms with Crippen LogP contribution in [0.3, 0.4) is 0 Å². The molecule has 3 rings (SSSR count). The highest BCUT2D eigenvalue weighted by Gasteiger charge is 2.21. The zero-order chi connectivity index (χ0) is 19.6. The van der Waals surface area contributed by atoms with Crippen LogP contribution >= 0.6 is 0 Å². The van der Waals surface area contributed by atoms with E-state index < -0.39 is 5.97 Å². The number of methoxy groups -OCH3 is 1. The summed E-state index contributed by atoms with van der Waals surface area (Å²) in [6.45, 7) is 3.74. The molecule has 0 aliphatic rings. The van der Waals surface area contributed by atoms with Gasteiger partial charge in [-0.2, -0.15) is 0 Å². The van der Waals surface area contributed by atoms with Crippen LogP contribution in [0, 0.1) is 18.8 Å². The minimum atomic E-state index is -0.470. The molecule has 0 fully saturated rings. The molecular weight excluding hydrogens is 344 g/mol. The molecular formula is C21H20N2O4. The lowest BCUT2D eigenvalue weighted by atomic mass is 10.1. The standard InChI is InChI=1S/C21H20N2O4/c1-5-27-21(25)17-13(2)22-19-18(17)15(12-23(3)20(19)24)9-6-14-7-10-16(26-4)11-8-14/h7-8,10-12,22H,5H2,1-4H3. The number of aryl methyl sites for hydroxylation is 2. The smallest absolute Gasteiger partial charge is 0.340 e. The Morgan fingerprint density at radius 2 is 1.93 bits per heavy atom. The molecule has 0 bridgehead atoms. The number of benzene rings is 1. The van der Waals surface area contributed by atoms with Crippen molar-refractivity contribution in [3.05, 3.63) is 63.2 Å². The average molecular weight is 364 g/mol. The number of pyridine rings is 1. The predicted octanol–water partition coefficient (Wildman–Crippen LogP) is 2.76. The first-order valence-corrected chi connectivity index (χ1v) is 8.51. The maximum atomic E-state index is 12.5. The van der Waals surface area contributed by atoms with Gasteiger partial charge in [0.1, 0.15) is 11.3 Å². The summed E-state index contributed by atoms with van der Waals surface area (Å²) in [5.41, 5.74) is 2.43. The molecule has 0 aliphatic heterocycles. The van der Waals surface area contributed by atoms with Crippen molar-refractivity contribution >= 4 is 16.9 Å². The van der Waals surface area contributed by atoms with E-state index >= 15 is 0 Å². The molecule has 0 aliphatic carbocycles. The lowest BCUT2D eigenvalue weighted by Gasteiger charge is -2.04. The normalized spacial score (nSPS) is 10.4. The first-order chi connectivity index (χ1) is 13.0. The largest absolute Gasteiger partial charge is 0.497 e. The van der Waals surface area contributed by atoms with Crippen molar-refractivity contribution in [1.29, 1.82) is 0 Å². The molecule has 1 N–H and O–H groups in total. The van der Waals surface area contributed by atoms with E-state index in [2.05, 4.69) is 16.8 Å². The third-order valence-corrected chi connectivity index (χ3v) is 4.22. The van der Waals surface area contributed by atoms with Crippen LogP contribution in [0.5, 0.6) is 5.75 Å². The number of ether oxygens (including phenoxy) is 2. The summed E-state index contributed by atoms with van der Waals surface area (Å²) in [6, 6.07) is 7.34. The van der Waals surface area contributed by atoms with Gasteiger partial charge in [0.05, 0.1) is 24.8 Å². The molecule has 2 aromatic heterocycles. The molecule has 0 atom stereocenters. The van der Waals surface area contributed by atoms with Gasteiger partial charge in [0.15, 0.2) is 0 Å². The summed E-state index contributed by atoms with van der Waals surface area (Å²) in [7, 11) is 3.26. The minimum Gasteiger partial charge on any atom is -0.497 e. The highest BCUT2D eigenvalue weighted by atomic mass is 16.5. The molecule has 0 spiro atoms. The van der Waals surface area contributed by atoms with Crippen LogP contribution in [0.25, 0.3) is 10.9 Å². The predicted molar refractivity (Wildman–Crippen MR) is 103 cm³/mol. The van der Waals surface area contributed by atoms with Crippen molar-refractivity contribution in [2.75, 3.05) is 13.7 Å². The van der Waals surface area contributed by atoms with Crippen LogP contribution in [0.15, 0.2) is 35.3 Å². The second-order valence-electron chi connectivity index (χ2n) is 6.03. The lowest BCUT2D eigenvalue weighted by molar-refractivity contribution is 0.0528.